The van der Waals surface area contributed by atoms with Crippen molar-refractivity contribution in [1.82, 2.24) is 0 Å². The van der Waals surface area contributed by atoms with E-state index in [-0.39, 0.29) is 10.8 Å². The number of halogens is 1. The number of amides is 1. The maximum atomic E-state index is 12.4. The van der Waals surface area contributed by atoms with Gasteiger partial charge in [0.15, 0.2) is 6.10 Å². The topological polar surface area (TPSA) is 92.3 Å². The van der Waals surface area contributed by atoms with E-state index in [1.807, 2.05) is 18.2 Å². The molecular weight excluding hydrogens is 368 g/mol. The van der Waals surface area contributed by atoms with Crippen molar-refractivity contribution in [2.45, 2.75) is 20.0 Å². The molecule has 1 atom stereocenters. The fourth-order valence-corrected chi connectivity index (χ4v) is 2.79. The third kappa shape index (κ3) is 3.78. The first-order valence-corrected chi connectivity index (χ1v) is 8.48. The van der Waals surface area contributed by atoms with Gasteiger partial charge in [-0.25, -0.2) is 4.79 Å². The molecule has 1 aromatic heterocycles. The molecular formula is C20H15ClN2O4. The predicted octanol–water partition coefficient (Wildman–Crippen LogP) is 4.45. The summed E-state index contributed by atoms with van der Waals surface area (Å²) >= 11 is 5.94. The maximum absolute atomic E-state index is 12.4. The summed E-state index contributed by atoms with van der Waals surface area (Å²) in [7, 11) is 0. The van der Waals surface area contributed by atoms with Gasteiger partial charge in [-0.05, 0) is 38.1 Å². The van der Waals surface area contributed by atoms with E-state index >= 15 is 0 Å². The molecule has 1 amide bonds. The van der Waals surface area contributed by atoms with Gasteiger partial charge in [0, 0.05) is 16.6 Å². The molecule has 0 saturated heterocycles. The van der Waals surface area contributed by atoms with Crippen LogP contribution < -0.4 is 5.32 Å². The van der Waals surface area contributed by atoms with Crippen LogP contribution in [0.1, 0.15) is 28.6 Å². The molecule has 3 aromatic rings. The van der Waals surface area contributed by atoms with E-state index in [9.17, 15) is 9.59 Å². The molecule has 1 heterocycles. The lowest BCUT2D eigenvalue weighted by Gasteiger charge is -2.13. The summed E-state index contributed by atoms with van der Waals surface area (Å²) in [6, 6.07) is 13.7. The van der Waals surface area contributed by atoms with Crippen molar-refractivity contribution in [3.05, 3.63) is 64.4 Å². The molecule has 0 aliphatic heterocycles. The Labute approximate surface area is 160 Å². The first-order valence-electron chi connectivity index (χ1n) is 8.10. The Morgan fingerprint density at radius 1 is 1.26 bits per heavy atom. The van der Waals surface area contributed by atoms with Crippen molar-refractivity contribution < 1.29 is 18.7 Å². The SMILES string of the molecule is Cc1c(C(=O)O[C@@H](C)C(=O)Nc2ccc(C#N)c(Cl)c2)oc2ccccc12. The second-order valence-corrected chi connectivity index (χ2v) is 6.30. The zero-order chi connectivity index (χ0) is 19.6. The molecule has 2 aromatic carbocycles. The molecule has 0 unspecified atom stereocenters. The standard InChI is InChI=1S/C20H15ClN2O4/c1-11-15-5-3-4-6-17(15)27-18(11)20(25)26-12(2)19(24)23-14-8-7-13(10-22)16(21)9-14/h3-9,12H,1-2H3,(H,23,24)/t12-/m0/s1. The Kier molecular flexibility index (Phi) is 5.15. The quantitative estimate of drug-likeness (QED) is 0.673. The van der Waals surface area contributed by atoms with Crippen LogP contribution in [-0.2, 0) is 9.53 Å². The Morgan fingerprint density at radius 2 is 2.00 bits per heavy atom. The number of carbonyl (C=O) groups excluding carboxylic acids is 2. The number of anilines is 1. The summed E-state index contributed by atoms with van der Waals surface area (Å²) in [6.45, 7) is 3.21. The van der Waals surface area contributed by atoms with E-state index in [0.717, 1.165) is 5.39 Å². The van der Waals surface area contributed by atoms with E-state index in [1.165, 1.54) is 19.1 Å². The van der Waals surface area contributed by atoms with Crippen LogP contribution in [0.4, 0.5) is 5.69 Å². The number of aryl methyl sites for hydroxylation is 1. The number of fused-ring (bicyclic) bond motifs is 1. The summed E-state index contributed by atoms with van der Waals surface area (Å²) < 4.78 is 10.8. The second kappa shape index (κ2) is 7.52. The molecule has 3 rings (SSSR count). The normalized spacial score (nSPS) is 11.6. The molecule has 1 N–H and O–H groups in total. The highest BCUT2D eigenvalue weighted by Crippen LogP contribution is 2.26. The molecule has 0 saturated carbocycles. The highest BCUT2D eigenvalue weighted by Gasteiger charge is 2.24. The van der Waals surface area contributed by atoms with E-state index in [0.29, 0.717) is 22.4 Å². The van der Waals surface area contributed by atoms with Crippen molar-refractivity contribution in [2.24, 2.45) is 0 Å². The van der Waals surface area contributed by atoms with Crippen LogP contribution in [0.5, 0.6) is 0 Å². The van der Waals surface area contributed by atoms with Crippen LogP contribution in [-0.4, -0.2) is 18.0 Å². The minimum absolute atomic E-state index is 0.0669. The van der Waals surface area contributed by atoms with Crippen LogP contribution in [0, 0.1) is 18.3 Å². The Hall–Kier alpha value is -3.30. The minimum Gasteiger partial charge on any atom is -0.449 e. The number of para-hydroxylation sites is 1. The van der Waals surface area contributed by atoms with Gasteiger partial charge in [0.05, 0.1) is 10.6 Å². The fourth-order valence-electron chi connectivity index (χ4n) is 2.56. The number of benzene rings is 2. The number of hydrogen-bond acceptors (Lipinski definition) is 5. The van der Waals surface area contributed by atoms with Crippen LogP contribution in [0.2, 0.25) is 5.02 Å². The number of nitrogens with zero attached hydrogens (tertiary/aromatic N) is 1. The van der Waals surface area contributed by atoms with Crippen molar-refractivity contribution in [3.63, 3.8) is 0 Å². The van der Waals surface area contributed by atoms with Gasteiger partial charge >= 0.3 is 5.97 Å². The summed E-state index contributed by atoms with van der Waals surface area (Å²) in [4.78, 5) is 24.7. The number of nitriles is 1. The minimum atomic E-state index is -1.06. The summed E-state index contributed by atoms with van der Waals surface area (Å²) in [5.74, 6) is -1.18. The first kappa shape index (κ1) is 18.5. The summed E-state index contributed by atoms with van der Waals surface area (Å²) in [5.41, 5.74) is 1.93. The van der Waals surface area contributed by atoms with E-state index < -0.39 is 18.0 Å². The van der Waals surface area contributed by atoms with Crippen molar-refractivity contribution >= 4 is 40.1 Å². The van der Waals surface area contributed by atoms with Gasteiger partial charge in [0.25, 0.3) is 5.91 Å². The van der Waals surface area contributed by atoms with Crippen molar-refractivity contribution in [2.75, 3.05) is 5.32 Å². The van der Waals surface area contributed by atoms with Gasteiger partial charge in [-0.15, -0.1) is 0 Å². The number of furan rings is 1. The molecule has 0 aliphatic rings. The molecule has 27 heavy (non-hydrogen) atoms. The largest absolute Gasteiger partial charge is 0.449 e. The molecule has 136 valence electrons. The molecule has 6 nitrogen and oxygen atoms in total. The Balaban J connectivity index is 1.70. The van der Waals surface area contributed by atoms with Crippen LogP contribution in [0.15, 0.2) is 46.9 Å². The zero-order valence-electron chi connectivity index (χ0n) is 14.6. The average molecular weight is 383 g/mol. The number of nitrogens with one attached hydrogen (secondary N) is 1. The van der Waals surface area contributed by atoms with Gasteiger partial charge in [0.1, 0.15) is 11.7 Å². The summed E-state index contributed by atoms with van der Waals surface area (Å²) in [6.07, 6.45) is -1.06. The molecule has 0 spiro atoms. The lowest BCUT2D eigenvalue weighted by Crippen LogP contribution is -2.30. The van der Waals surface area contributed by atoms with Crippen molar-refractivity contribution in [3.8, 4) is 6.07 Å². The average Bonchev–Trinajstić information content (AvgIpc) is 2.99. The number of ether oxygens (including phenoxy) is 1. The van der Waals surface area contributed by atoms with E-state index in [4.69, 9.17) is 26.0 Å². The van der Waals surface area contributed by atoms with E-state index in [2.05, 4.69) is 5.32 Å². The third-order valence-electron chi connectivity index (χ3n) is 4.04. The molecule has 7 heteroatoms. The number of rotatable bonds is 4. The van der Waals surface area contributed by atoms with Crippen LogP contribution >= 0.6 is 11.6 Å². The van der Waals surface area contributed by atoms with Gasteiger partial charge in [-0.3, -0.25) is 4.79 Å². The van der Waals surface area contributed by atoms with Gasteiger partial charge in [-0.2, -0.15) is 5.26 Å². The zero-order valence-corrected chi connectivity index (χ0v) is 15.3. The lowest BCUT2D eigenvalue weighted by molar-refractivity contribution is -0.123. The molecule has 0 aliphatic carbocycles. The first-order chi connectivity index (χ1) is 12.9. The van der Waals surface area contributed by atoms with Crippen LogP contribution in [0.25, 0.3) is 11.0 Å². The van der Waals surface area contributed by atoms with Crippen LogP contribution in [0.3, 0.4) is 0 Å². The second-order valence-electron chi connectivity index (χ2n) is 5.90. The predicted molar refractivity (Wildman–Crippen MR) is 101 cm³/mol. The van der Waals surface area contributed by atoms with Gasteiger partial charge in [0.2, 0.25) is 5.76 Å². The van der Waals surface area contributed by atoms with Crippen molar-refractivity contribution in [1.29, 1.82) is 5.26 Å². The molecule has 0 radical (unpaired) electrons. The highest BCUT2D eigenvalue weighted by molar-refractivity contribution is 6.32. The monoisotopic (exact) mass is 382 g/mol. The summed E-state index contributed by atoms with van der Waals surface area (Å²) in [5, 5.41) is 12.5. The molecule has 0 fully saturated rings. The lowest BCUT2D eigenvalue weighted by atomic mass is 10.1. The van der Waals surface area contributed by atoms with E-state index in [1.54, 1.807) is 25.1 Å². The number of hydrogen-bond donors (Lipinski definition) is 1. The van der Waals surface area contributed by atoms with Gasteiger partial charge < -0.3 is 14.5 Å². The highest BCUT2D eigenvalue weighted by atomic mass is 35.5. The van der Waals surface area contributed by atoms with Gasteiger partial charge in [-0.1, -0.05) is 29.8 Å². The third-order valence-corrected chi connectivity index (χ3v) is 4.35. The smallest absolute Gasteiger partial charge is 0.375 e. The maximum Gasteiger partial charge on any atom is 0.375 e. The number of carbonyl (C=O) groups is 2. The Bertz CT molecular complexity index is 1080. The Morgan fingerprint density at radius 3 is 2.67 bits per heavy atom. The fraction of sp³-hybridized carbons (Fsp3) is 0.150. The molecule has 0 bridgehead atoms. The number of esters is 1.